The molecule has 1 aliphatic rings. The van der Waals surface area contributed by atoms with E-state index in [4.69, 9.17) is 21.1 Å². The van der Waals surface area contributed by atoms with Crippen LogP contribution in [0.25, 0.3) is 0 Å². The number of halogens is 4. The summed E-state index contributed by atoms with van der Waals surface area (Å²) in [6, 6.07) is 9.83. The first-order chi connectivity index (χ1) is 10.0. The summed E-state index contributed by atoms with van der Waals surface area (Å²) in [5.74, 6) is 1.48. The molecule has 1 aliphatic heterocycles. The van der Waals surface area contributed by atoms with Gasteiger partial charge in [-0.1, -0.05) is 47.8 Å². The summed E-state index contributed by atoms with van der Waals surface area (Å²) < 4.78 is 14.1. The first kappa shape index (κ1) is 15.7. The van der Waals surface area contributed by atoms with Gasteiger partial charge in [0.15, 0.2) is 11.5 Å². The van der Waals surface area contributed by atoms with Crippen molar-refractivity contribution in [2.45, 2.75) is 5.38 Å². The van der Waals surface area contributed by atoms with Crippen LogP contribution in [0.2, 0.25) is 0 Å². The van der Waals surface area contributed by atoms with E-state index in [0.29, 0.717) is 13.2 Å². The number of ether oxygens (including phenoxy) is 2. The van der Waals surface area contributed by atoms with E-state index in [1.807, 2.05) is 30.3 Å². The fourth-order valence-electron chi connectivity index (χ4n) is 2.17. The second kappa shape index (κ2) is 6.49. The van der Waals surface area contributed by atoms with Crippen LogP contribution >= 0.6 is 59.4 Å². The summed E-state index contributed by atoms with van der Waals surface area (Å²) in [5, 5.41) is -0.288. The molecule has 1 heterocycles. The standard InChI is InChI=1S/C15H10Br3ClO2/c16-9-3-8(4-10(17)5-9)15(19)11-6-13-14(7-12(11)18)21-2-1-20-13/h3-7,15H,1-2H2. The molecular weight excluding hydrogens is 487 g/mol. The highest BCUT2D eigenvalue weighted by molar-refractivity contribution is 9.11. The molecule has 0 amide bonds. The molecular formula is C15H10Br3ClO2. The zero-order chi connectivity index (χ0) is 15.0. The lowest BCUT2D eigenvalue weighted by atomic mass is 10.0. The minimum Gasteiger partial charge on any atom is -0.486 e. The molecule has 0 aliphatic carbocycles. The Labute approximate surface area is 153 Å². The molecule has 0 saturated carbocycles. The van der Waals surface area contributed by atoms with E-state index in [9.17, 15) is 0 Å². The molecule has 0 N–H and O–H groups in total. The molecule has 110 valence electrons. The van der Waals surface area contributed by atoms with Gasteiger partial charge >= 0.3 is 0 Å². The van der Waals surface area contributed by atoms with E-state index >= 15 is 0 Å². The first-order valence-corrected chi connectivity index (χ1v) is 9.05. The quantitative estimate of drug-likeness (QED) is 0.469. The Morgan fingerprint density at radius 3 is 2.05 bits per heavy atom. The maximum Gasteiger partial charge on any atom is 0.162 e. The van der Waals surface area contributed by atoms with Crippen molar-refractivity contribution in [1.29, 1.82) is 0 Å². The second-order valence-electron chi connectivity index (χ2n) is 4.58. The van der Waals surface area contributed by atoms with E-state index in [2.05, 4.69) is 47.8 Å². The fraction of sp³-hybridized carbons (Fsp3) is 0.200. The summed E-state index contributed by atoms with van der Waals surface area (Å²) in [6.45, 7) is 1.13. The molecule has 6 heteroatoms. The highest BCUT2D eigenvalue weighted by Gasteiger charge is 2.20. The van der Waals surface area contributed by atoms with E-state index in [0.717, 1.165) is 36.0 Å². The molecule has 2 aromatic carbocycles. The molecule has 2 nitrogen and oxygen atoms in total. The lowest BCUT2D eigenvalue weighted by molar-refractivity contribution is 0.171. The van der Waals surface area contributed by atoms with Gasteiger partial charge in [0.05, 0.1) is 5.38 Å². The van der Waals surface area contributed by atoms with Crippen molar-refractivity contribution in [3.63, 3.8) is 0 Å². The van der Waals surface area contributed by atoms with Gasteiger partial charge in [-0.25, -0.2) is 0 Å². The van der Waals surface area contributed by atoms with Crippen LogP contribution in [-0.2, 0) is 0 Å². The van der Waals surface area contributed by atoms with Crippen LogP contribution < -0.4 is 9.47 Å². The van der Waals surface area contributed by atoms with Crippen molar-refractivity contribution >= 4 is 59.4 Å². The smallest absolute Gasteiger partial charge is 0.162 e. The number of fused-ring (bicyclic) bond motifs is 1. The Morgan fingerprint density at radius 2 is 1.43 bits per heavy atom. The highest BCUT2D eigenvalue weighted by atomic mass is 79.9. The Morgan fingerprint density at radius 1 is 0.857 bits per heavy atom. The van der Waals surface area contributed by atoms with Crippen molar-refractivity contribution in [3.05, 3.63) is 54.9 Å². The Balaban J connectivity index is 2.02. The molecule has 0 fully saturated rings. The minimum atomic E-state index is -0.288. The first-order valence-electron chi connectivity index (χ1n) is 6.23. The predicted octanol–water partition coefficient (Wildman–Crippen LogP) is 6.07. The van der Waals surface area contributed by atoms with Gasteiger partial charge in [0.2, 0.25) is 0 Å². The zero-order valence-electron chi connectivity index (χ0n) is 10.7. The van der Waals surface area contributed by atoms with Crippen molar-refractivity contribution in [2.24, 2.45) is 0 Å². The van der Waals surface area contributed by atoms with Gasteiger partial charge in [0.25, 0.3) is 0 Å². The Bertz CT molecular complexity index is 671. The summed E-state index contributed by atoms with van der Waals surface area (Å²) in [7, 11) is 0. The van der Waals surface area contributed by atoms with Gasteiger partial charge in [-0.2, -0.15) is 0 Å². The molecule has 3 rings (SSSR count). The number of hydrogen-bond acceptors (Lipinski definition) is 2. The predicted molar refractivity (Wildman–Crippen MR) is 94.7 cm³/mol. The van der Waals surface area contributed by atoms with Crippen molar-refractivity contribution < 1.29 is 9.47 Å². The minimum absolute atomic E-state index is 0.288. The van der Waals surface area contributed by atoms with Gasteiger partial charge in [-0.05, 0) is 41.5 Å². The maximum atomic E-state index is 6.66. The van der Waals surface area contributed by atoms with Gasteiger partial charge in [-0.3, -0.25) is 0 Å². The summed E-state index contributed by atoms with van der Waals surface area (Å²) >= 11 is 17.2. The normalized spacial score (nSPS) is 14.9. The van der Waals surface area contributed by atoms with Crippen molar-refractivity contribution in [3.8, 4) is 11.5 Å². The SMILES string of the molecule is ClC(c1cc(Br)cc(Br)c1)c1cc2c(cc1Br)OCCO2. The number of benzene rings is 2. The van der Waals surface area contributed by atoms with Crippen LogP contribution in [0.5, 0.6) is 11.5 Å². The van der Waals surface area contributed by atoms with Crippen LogP contribution in [0.15, 0.2) is 43.7 Å². The van der Waals surface area contributed by atoms with E-state index in [1.54, 1.807) is 0 Å². The van der Waals surface area contributed by atoms with Crippen LogP contribution in [0.3, 0.4) is 0 Å². The third kappa shape index (κ3) is 3.41. The third-order valence-corrected chi connectivity index (χ3v) is 5.20. The molecule has 21 heavy (non-hydrogen) atoms. The monoisotopic (exact) mass is 494 g/mol. The van der Waals surface area contributed by atoms with E-state index < -0.39 is 0 Å². The Hall–Kier alpha value is -0.230. The molecule has 1 atom stereocenters. The summed E-state index contributed by atoms with van der Waals surface area (Å²) in [6.07, 6.45) is 0. The average Bonchev–Trinajstić information content (AvgIpc) is 2.44. The maximum absolute atomic E-state index is 6.66. The average molecular weight is 497 g/mol. The highest BCUT2D eigenvalue weighted by Crippen LogP contribution is 2.42. The molecule has 0 saturated heterocycles. The Kier molecular flexibility index (Phi) is 4.84. The van der Waals surface area contributed by atoms with Crippen molar-refractivity contribution in [1.82, 2.24) is 0 Å². The lowest BCUT2D eigenvalue weighted by Crippen LogP contribution is -2.15. The van der Waals surface area contributed by atoms with Gasteiger partial charge in [0.1, 0.15) is 13.2 Å². The van der Waals surface area contributed by atoms with Gasteiger partial charge < -0.3 is 9.47 Å². The summed E-state index contributed by atoms with van der Waals surface area (Å²) in [5.41, 5.74) is 1.95. The van der Waals surface area contributed by atoms with E-state index in [1.165, 1.54) is 0 Å². The van der Waals surface area contributed by atoms with Gasteiger partial charge in [-0.15, -0.1) is 11.6 Å². The zero-order valence-corrected chi connectivity index (χ0v) is 16.2. The van der Waals surface area contributed by atoms with Crippen LogP contribution in [0.1, 0.15) is 16.5 Å². The largest absolute Gasteiger partial charge is 0.486 e. The van der Waals surface area contributed by atoms with Crippen LogP contribution in [-0.4, -0.2) is 13.2 Å². The van der Waals surface area contributed by atoms with Crippen LogP contribution in [0.4, 0.5) is 0 Å². The number of rotatable bonds is 2. The topological polar surface area (TPSA) is 18.5 Å². The third-order valence-electron chi connectivity index (χ3n) is 3.11. The van der Waals surface area contributed by atoms with Gasteiger partial charge in [0, 0.05) is 13.4 Å². The molecule has 0 bridgehead atoms. The molecule has 0 radical (unpaired) electrons. The molecule has 0 spiro atoms. The molecule has 1 unspecified atom stereocenters. The molecule has 2 aromatic rings. The second-order valence-corrected chi connectivity index (χ2v) is 7.70. The van der Waals surface area contributed by atoms with Crippen molar-refractivity contribution in [2.75, 3.05) is 13.2 Å². The fourth-order valence-corrected chi connectivity index (χ4v) is 4.49. The molecule has 0 aromatic heterocycles. The van der Waals surface area contributed by atoms with Crippen LogP contribution in [0, 0.1) is 0 Å². The number of alkyl halides is 1. The van der Waals surface area contributed by atoms with E-state index in [-0.39, 0.29) is 5.38 Å². The number of hydrogen-bond donors (Lipinski definition) is 0. The summed E-state index contributed by atoms with van der Waals surface area (Å²) in [4.78, 5) is 0. The lowest BCUT2D eigenvalue weighted by Gasteiger charge is -2.21.